The highest BCUT2D eigenvalue weighted by atomic mass is 35.5. The molecule has 0 bridgehead atoms. The number of hydrogen-bond acceptors (Lipinski definition) is 2. The molecule has 0 N–H and O–H groups in total. The summed E-state index contributed by atoms with van der Waals surface area (Å²) < 4.78 is 6.39. The second-order valence-electron chi connectivity index (χ2n) is 3.58. The van der Waals surface area contributed by atoms with Crippen LogP contribution in [0.2, 0.25) is 0 Å². The summed E-state index contributed by atoms with van der Waals surface area (Å²) in [5, 5.41) is 0. The highest BCUT2D eigenvalue weighted by Gasteiger charge is 2.12. The van der Waals surface area contributed by atoms with Gasteiger partial charge in [0.25, 0.3) is 0 Å². The first-order chi connectivity index (χ1) is 5.33. The first-order valence-corrected chi connectivity index (χ1v) is 4.23. The van der Waals surface area contributed by atoms with Crippen LogP contribution in [0, 0.1) is 0 Å². The van der Waals surface area contributed by atoms with Gasteiger partial charge in [0, 0.05) is 18.8 Å². The van der Waals surface area contributed by atoms with Crippen LogP contribution in [0.25, 0.3) is 0 Å². The number of nitrogens with zero attached hydrogens (tertiary/aromatic N) is 1. The molecule has 0 aromatic carbocycles. The maximum atomic E-state index is 10.9. The van der Waals surface area contributed by atoms with Crippen molar-refractivity contribution >= 4 is 17.7 Å². The SMILES string of the molecule is CN(Cl)C(=O)CCOC(C)(C)C. The topological polar surface area (TPSA) is 29.5 Å². The molecule has 4 heteroatoms. The highest BCUT2D eigenvalue weighted by Crippen LogP contribution is 2.07. The molecule has 0 heterocycles. The first-order valence-electron chi connectivity index (χ1n) is 3.89. The van der Waals surface area contributed by atoms with Crippen LogP contribution in [0.3, 0.4) is 0 Å². The fraction of sp³-hybridized carbons (Fsp3) is 0.875. The minimum Gasteiger partial charge on any atom is -0.375 e. The number of halogens is 1. The third kappa shape index (κ3) is 6.43. The molecule has 72 valence electrons. The highest BCUT2D eigenvalue weighted by molar-refractivity contribution is 6.20. The van der Waals surface area contributed by atoms with Crippen molar-refractivity contribution < 1.29 is 9.53 Å². The third-order valence-electron chi connectivity index (χ3n) is 1.19. The number of carbonyl (C=O) groups excluding carboxylic acids is 1. The lowest BCUT2D eigenvalue weighted by atomic mass is 10.2. The lowest BCUT2D eigenvalue weighted by molar-refractivity contribution is -0.127. The Morgan fingerprint density at radius 3 is 2.33 bits per heavy atom. The molecule has 0 aliphatic heterocycles. The van der Waals surface area contributed by atoms with E-state index in [1.807, 2.05) is 20.8 Å². The van der Waals surface area contributed by atoms with Gasteiger partial charge in [-0.05, 0) is 20.8 Å². The Morgan fingerprint density at radius 1 is 1.50 bits per heavy atom. The lowest BCUT2D eigenvalue weighted by Crippen LogP contribution is -2.24. The van der Waals surface area contributed by atoms with E-state index in [9.17, 15) is 4.79 Å². The monoisotopic (exact) mass is 193 g/mol. The average molecular weight is 194 g/mol. The molecule has 0 aliphatic rings. The van der Waals surface area contributed by atoms with E-state index in [2.05, 4.69) is 0 Å². The summed E-state index contributed by atoms with van der Waals surface area (Å²) in [5.74, 6) is -0.124. The average Bonchev–Trinajstić information content (AvgIpc) is 1.84. The minimum atomic E-state index is -0.189. The van der Waals surface area contributed by atoms with Gasteiger partial charge in [-0.2, -0.15) is 0 Å². The van der Waals surface area contributed by atoms with E-state index < -0.39 is 0 Å². The maximum Gasteiger partial charge on any atom is 0.238 e. The van der Waals surface area contributed by atoms with Crippen molar-refractivity contribution in [3.05, 3.63) is 0 Å². The Morgan fingerprint density at radius 2 is 2.00 bits per heavy atom. The zero-order valence-electron chi connectivity index (χ0n) is 8.06. The van der Waals surface area contributed by atoms with Crippen molar-refractivity contribution in [2.75, 3.05) is 13.7 Å². The van der Waals surface area contributed by atoms with Gasteiger partial charge < -0.3 is 4.74 Å². The molecule has 0 aromatic heterocycles. The van der Waals surface area contributed by atoms with E-state index in [1.54, 1.807) is 0 Å². The van der Waals surface area contributed by atoms with Gasteiger partial charge in [-0.15, -0.1) is 0 Å². The Labute approximate surface area is 78.7 Å². The van der Waals surface area contributed by atoms with Crippen molar-refractivity contribution in [3.8, 4) is 0 Å². The number of hydrogen-bond donors (Lipinski definition) is 0. The lowest BCUT2D eigenvalue weighted by Gasteiger charge is -2.19. The number of rotatable bonds is 3. The molecule has 12 heavy (non-hydrogen) atoms. The number of carbonyl (C=O) groups is 1. The van der Waals surface area contributed by atoms with Crippen LogP contribution in [-0.2, 0) is 9.53 Å². The van der Waals surface area contributed by atoms with Crippen LogP contribution >= 0.6 is 11.8 Å². The zero-order valence-corrected chi connectivity index (χ0v) is 8.81. The van der Waals surface area contributed by atoms with Crippen molar-refractivity contribution in [1.82, 2.24) is 4.42 Å². The molecule has 0 unspecified atom stereocenters. The summed E-state index contributed by atoms with van der Waals surface area (Å²) >= 11 is 5.41. The molecule has 3 nitrogen and oxygen atoms in total. The smallest absolute Gasteiger partial charge is 0.238 e. The second-order valence-corrected chi connectivity index (χ2v) is 4.09. The molecule has 0 aliphatic carbocycles. The van der Waals surface area contributed by atoms with Crippen LogP contribution in [0.4, 0.5) is 0 Å². The van der Waals surface area contributed by atoms with Crippen molar-refractivity contribution in [1.29, 1.82) is 0 Å². The quantitative estimate of drug-likeness (QED) is 0.640. The van der Waals surface area contributed by atoms with Gasteiger partial charge in [0.1, 0.15) is 0 Å². The number of ether oxygens (including phenoxy) is 1. The molecule has 0 aromatic rings. The third-order valence-corrected chi connectivity index (χ3v) is 1.38. The molecule has 0 fully saturated rings. The fourth-order valence-corrected chi connectivity index (χ4v) is 0.683. The maximum absolute atomic E-state index is 10.9. The van der Waals surface area contributed by atoms with Crippen molar-refractivity contribution in [3.63, 3.8) is 0 Å². The molecular weight excluding hydrogens is 178 g/mol. The Kier molecular flexibility index (Phi) is 4.57. The summed E-state index contributed by atoms with van der Waals surface area (Å²) in [6, 6.07) is 0. The standard InChI is InChI=1S/C8H16ClNO2/c1-8(2,3)12-6-5-7(11)10(4)9/h5-6H2,1-4H3. The summed E-state index contributed by atoms with van der Waals surface area (Å²) in [6.07, 6.45) is 0.331. The Balaban J connectivity index is 3.51. The predicted molar refractivity (Wildman–Crippen MR) is 48.9 cm³/mol. The molecule has 0 saturated carbocycles. The van der Waals surface area contributed by atoms with E-state index in [4.69, 9.17) is 16.5 Å². The number of amides is 1. The summed E-state index contributed by atoms with van der Waals surface area (Å²) in [7, 11) is 1.51. The van der Waals surface area contributed by atoms with E-state index >= 15 is 0 Å². The largest absolute Gasteiger partial charge is 0.375 e. The fourth-order valence-electron chi connectivity index (χ4n) is 0.599. The van der Waals surface area contributed by atoms with Crippen LogP contribution < -0.4 is 0 Å². The van der Waals surface area contributed by atoms with Crippen molar-refractivity contribution in [2.45, 2.75) is 32.8 Å². The molecule has 0 atom stereocenters. The summed E-state index contributed by atoms with van der Waals surface area (Å²) in [4.78, 5) is 10.9. The molecule has 1 amide bonds. The molecule has 0 spiro atoms. The van der Waals surface area contributed by atoms with Crippen molar-refractivity contribution in [2.24, 2.45) is 0 Å². The predicted octanol–water partition coefficient (Wildman–Crippen LogP) is 1.80. The van der Waals surface area contributed by atoms with E-state index in [0.29, 0.717) is 13.0 Å². The Hall–Kier alpha value is -0.280. The van der Waals surface area contributed by atoms with Crippen LogP contribution in [-0.4, -0.2) is 29.6 Å². The summed E-state index contributed by atoms with van der Waals surface area (Å²) in [6.45, 7) is 6.26. The van der Waals surface area contributed by atoms with Crippen LogP contribution in [0.5, 0.6) is 0 Å². The van der Waals surface area contributed by atoms with Gasteiger partial charge in [-0.25, -0.2) is 0 Å². The van der Waals surface area contributed by atoms with Gasteiger partial charge in [0.2, 0.25) is 5.91 Å². The molecular formula is C8H16ClNO2. The minimum absolute atomic E-state index is 0.124. The van der Waals surface area contributed by atoms with Crippen LogP contribution in [0.15, 0.2) is 0 Å². The van der Waals surface area contributed by atoms with E-state index in [0.717, 1.165) is 4.42 Å². The summed E-state index contributed by atoms with van der Waals surface area (Å²) in [5.41, 5.74) is -0.189. The van der Waals surface area contributed by atoms with Gasteiger partial charge in [-0.3, -0.25) is 9.21 Å². The van der Waals surface area contributed by atoms with Gasteiger partial charge in [-0.1, -0.05) is 0 Å². The second kappa shape index (κ2) is 4.67. The van der Waals surface area contributed by atoms with E-state index in [1.165, 1.54) is 7.05 Å². The zero-order chi connectivity index (χ0) is 9.78. The van der Waals surface area contributed by atoms with Crippen LogP contribution in [0.1, 0.15) is 27.2 Å². The molecule has 0 rings (SSSR count). The molecule has 0 radical (unpaired) electrons. The molecule has 0 saturated heterocycles. The van der Waals surface area contributed by atoms with Gasteiger partial charge in [0.15, 0.2) is 0 Å². The van der Waals surface area contributed by atoms with Gasteiger partial charge >= 0.3 is 0 Å². The van der Waals surface area contributed by atoms with Gasteiger partial charge in [0.05, 0.1) is 18.6 Å². The normalized spacial score (nSPS) is 11.4. The van der Waals surface area contributed by atoms with E-state index in [-0.39, 0.29) is 11.5 Å². The first kappa shape index (κ1) is 11.7. The Bertz CT molecular complexity index is 152.